The summed E-state index contributed by atoms with van der Waals surface area (Å²) in [6.07, 6.45) is 13.8. The van der Waals surface area contributed by atoms with Gasteiger partial charge in [-0.1, -0.05) is 93.2 Å². The summed E-state index contributed by atoms with van der Waals surface area (Å²) in [7, 11) is -1.88. The SMILES string of the molecule is C=CCS1(O)C=C2CC(O)CC[C@]2(C)C2CC[C@]3(C)C(C(C)CCCC(C)C)CCC3C21.CC.CC. The lowest BCUT2D eigenvalue weighted by Crippen LogP contribution is -2.55. The highest BCUT2D eigenvalue weighted by Gasteiger charge is 2.63. The van der Waals surface area contributed by atoms with Crippen LogP contribution in [0.15, 0.2) is 23.6 Å². The van der Waals surface area contributed by atoms with Crippen LogP contribution in [0.2, 0.25) is 0 Å². The molecule has 0 spiro atoms. The molecular weight excluding hydrogens is 460 g/mol. The van der Waals surface area contributed by atoms with Crippen molar-refractivity contribution in [2.24, 2.45) is 40.4 Å². The third-order valence-electron chi connectivity index (χ3n) is 10.6. The second-order valence-electron chi connectivity index (χ2n) is 12.9. The van der Waals surface area contributed by atoms with Crippen molar-refractivity contribution in [3.05, 3.63) is 23.6 Å². The number of hydrogen-bond donors (Lipinski definition) is 2. The van der Waals surface area contributed by atoms with Gasteiger partial charge in [0.2, 0.25) is 0 Å². The van der Waals surface area contributed by atoms with E-state index in [9.17, 15) is 9.66 Å². The average Bonchev–Trinajstić information content (AvgIpc) is 3.20. The van der Waals surface area contributed by atoms with E-state index < -0.39 is 10.3 Å². The molecule has 0 aromatic rings. The van der Waals surface area contributed by atoms with Crippen LogP contribution in [0.25, 0.3) is 0 Å². The maximum absolute atomic E-state index is 12.2. The van der Waals surface area contributed by atoms with E-state index in [1.807, 2.05) is 33.8 Å². The first kappa shape index (κ1) is 32.0. The largest absolute Gasteiger partial charge is 0.393 e. The highest BCUT2D eigenvalue weighted by molar-refractivity contribution is 8.32. The Hall–Kier alpha value is -0.250. The molecule has 3 heteroatoms. The van der Waals surface area contributed by atoms with Gasteiger partial charge in [-0.2, -0.15) is 0 Å². The first-order valence-corrected chi connectivity index (χ1v) is 17.5. The summed E-state index contributed by atoms with van der Waals surface area (Å²) in [5, 5.41) is 13.1. The minimum Gasteiger partial charge on any atom is -0.393 e. The highest BCUT2D eigenvalue weighted by atomic mass is 32.3. The molecule has 0 bridgehead atoms. The molecule has 0 amide bonds. The van der Waals surface area contributed by atoms with E-state index in [4.69, 9.17) is 0 Å². The Morgan fingerprint density at radius 3 is 2.28 bits per heavy atom. The van der Waals surface area contributed by atoms with Gasteiger partial charge in [-0.3, -0.25) is 0 Å². The van der Waals surface area contributed by atoms with E-state index in [0.717, 1.165) is 42.8 Å². The van der Waals surface area contributed by atoms with Crippen LogP contribution < -0.4 is 0 Å². The molecule has 1 aliphatic heterocycles. The number of fused-ring (bicyclic) bond motifs is 5. The predicted molar refractivity (Wildman–Crippen MR) is 163 cm³/mol. The molecule has 3 saturated carbocycles. The molecule has 0 aromatic heterocycles. The summed E-state index contributed by atoms with van der Waals surface area (Å²) < 4.78 is 12.2. The fourth-order valence-electron chi connectivity index (χ4n) is 8.84. The molecular formula is C33H62O2S. The summed E-state index contributed by atoms with van der Waals surface area (Å²) in [4.78, 5) is 0. The molecule has 1 heterocycles. The monoisotopic (exact) mass is 522 g/mol. The van der Waals surface area contributed by atoms with Crippen molar-refractivity contribution in [3.63, 3.8) is 0 Å². The molecule has 36 heavy (non-hydrogen) atoms. The Kier molecular flexibility index (Phi) is 11.7. The topological polar surface area (TPSA) is 40.5 Å². The zero-order valence-corrected chi connectivity index (χ0v) is 26.3. The second-order valence-corrected chi connectivity index (χ2v) is 15.7. The van der Waals surface area contributed by atoms with Crippen molar-refractivity contribution in [2.75, 3.05) is 5.75 Å². The number of aliphatic hydroxyl groups is 1. The molecule has 3 fully saturated rings. The molecule has 9 atom stereocenters. The quantitative estimate of drug-likeness (QED) is 0.326. The van der Waals surface area contributed by atoms with E-state index in [0.29, 0.717) is 22.5 Å². The van der Waals surface area contributed by atoms with Crippen LogP contribution in [-0.2, 0) is 0 Å². The van der Waals surface area contributed by atoms with E-state index in [1.165, 1.54) is 50.5 Å². The van der Waals surface area contributed by atoms with Gasteiger partial charge in [0.05, 0.1) is 6.10 Å². The lowest BCUT2D eigenvalue weighted by Gasteiger charge is -2.63. The van der Waals surface area contributed by atoms with Crippen LogP contribution in [0.3, 0.4) is 0 Å². The fraction of sp³-hybridized carbons (Fsp3) is 0.879. The molecule has 2 N–H and O–H groups in total. The first-order chi connectivity index (χ1) is 17.0. The van der Waals surface area contributed by atoms with Crippen LogP contribution in [0.1, 0.15) is 127 Å². The van der Waals surface area contributed by atoms with E-state index in [1.54, 1.807) is 0 Å². The molecule has 0 radical (unpaired) electrons. The third-order valence-corrected chi connectivity index (χ3v) is 13.7. The standard InChI is InChI=1S/C29H50O2S.2C2H6/c1-7-17-32(31)19-22-18-23(30)13-15-28(22,5)26-14-16-29(6)24(11-12-25(29)27(26)32)21(4)10-8-9-20(2)3;2*1-2/h7,19-21,23-27,30-31H,1,8-18H2,2-6H3;2*1-2H3/t21?,23?,24?,25?,26?,27?,28-,29+;;/m0../s1. The van der Waals surface area contributed by atoms with Gasteiger partial charge < -0.3 is 9.66 Å². The van der Waals surface area contributed by atoms with E-state index in [2.05, 4.69) is 46.6 Å². The van der Waals surface area contributed by atoms with Crippen molar-refractivity contribution in [1.29, 1.82) is 0 Å². The van der Waals surface area contributed by atoms with Crippen LogP contribution in [0.5, 0.6) is 0 Å². The molecule has 4 aliphatic rings. The average molecular weight is 523 g/mol. The van der Waals surface area contributed by atoms with Gasteiger partial charge in [0, 0.05) is 11.0 Å². The summed E-state index contributed by atoms with van der Waals surface area (Å²) in [5.41, 5.74) is 1.92. The Bertz CT molecular complexity index is 731. The smallest absolute Gasteiger partial charge is 0.0578 e. The molecule has 2 nitrogen and oxygen atoms in total. The second kappa shape index (κ2) is 13.2. The van der Waals surface area contributed by atoms with Crippen molar-refractivity contribution in [3.8, 4) is 0 Å². The van der Waals surface area contributed by atoms with Gasteiger partial charge in [-0.15, -0.1) is 16.9 Å². The highest BCUT2D eigenvalue weighted by Crippen LogP contribution is 2.74. The fourth-order valence-corrected chi connectivity index (χ4v) is 12.6. The van der Waals surface area contributed by atoms with Crippen molar-refractivity contribution in [2.45, 2.75) is 138 Å². The normalized spacial score (nSPS) is 43.7. The van der Waals surface area contributed by atoms with Crippen LogP contribution in [0, 0.1) is 40.4 Å². The van der Waals surface area contributed by atoms with Crippen molar-refractivity contribution >= 4 is 10.3 Å². The summed E-state index contributed by atoms with van der Waals surface area (Å²) >= 11 is 0. The lowest BCUT2D eigenvalue weighted by molar-refractivity contribution is -0.00261. The third kappa shape index (κ3) is 5.99. The van der Waals surface area contributed by atoms with E-state index in [-0.39, 0.29) is 11.5 Å². The summed E-state index contributed by atoms with van der Waals surface area (Å²) in [5.74, 6) is 4.34. The van der Waals surface area contributed by atoms with E-state index >= 15 is 0 Å². The van der Waals surface area contributed by atoms with Crippen LogP contribution >= 0.6 is 10.3 Å². The molecule has 0 saturated heterocycles. The Labute approximate surface area is 227 Å². The minimum atomic E-state index is -1.88. The maximum Gasteiger partial charge on any atom is 0.0578 e. The van der Waals surface area contributed by atoms with Gasteiger partial charge in [0.1, 0.15) is 0 Å². The van der Waals surface area contributed by atoms with Crippen molar-refractivity contribution in [1.82, 2.24) is 0 Å². The number of hydrogen-bond acceptors (Lipinski definition) is 2. The predicted octanol–water partition coefficient (Wildman–Crippen LogP) is 10.2. The Balaban J connectivity index is 0.00000109. The number of aliphatic hydroxyl groups excluding tert-OH is 1. The van der Waals surface area contributed by atoms with Crippen LogP contribution in [-0.4, -0.2) is 26.8 Å². The Morgan fingerprint density at radius 2 is 1.67 bits per heavy atom. The maximum atomic E-state index is 12.2. The number of rotatable bonds is 7. The van der Waals surface area contributed by atoms with Gasteiger partial charge in [0.25, 0.3) is 0 Å². The zero-order valence-electron chi connectivity index (χ0n) is 25.5. The minimum absolute atomic E-state index is 0.173. The molecule has 212 valence electrons. The zero-order chi connectivity index (χ0) is 27.3. The summed E-state index contributed by atoms with van der Waals surface area (Å²) in [6, 6.07) is 0. The summed E-state index contributed by atoms with van der Waals surface area (Å²) in [6.45, 7) is 24.3. The molecule has 4 rings (SSSR count). The van der Waals surface area contributed by atoms with Crippen molar-refractivity contribution < 1.29 is 9.66 Å². The van der Waals surface area contributed by atoms with Gasteiger partial charge in [-0.05, 0) is 90.8 Å². The first-order valence-electron chi connectivity index (χ1n) is 15.6. The van der Waals surface area contributed by atoms with Gasteiger partial charge >= 0.3 is 0 Å². The molecule has 0 aromatic carbocycles. The van der Waals surface area contributed by atoms with Gasteiger partial charge in [0.15, 0.2) is 0 Å². The molecule has 7 unspecified atom stereocenters. The van der Waals surface area contributed by atoms with Crippen LogP contribution in [0.4, 0.5) is 0 Å². The van der Waals surface area contributed by atoms with Gasteiger partial charge in [-0.25, -0.2) is 0 Å². The molecule has 3 aliphatic carbocycles. The Morgan fingerprint density at radius 1 is 1.00 bits per heavy atom. The lowest BCUT2D eigenvalue weighted by atomic mass is 9.53.